The van der Waals surface area contributed by atoms with Crippen LogP contribution in [0, 0.1) is 5.92 Å². The maximum absolute atomic E-state index is 3.49. The molecule has 0 aromatic carbocycles. The molecule has 2 nitrogen and oxygen atoms in total. The fraction of sp³-hybridized carbons (Fsp3) is 1.00. The molecule has 0 saturated carbocycles. The molecule has 0 radical (unpaired) electrons. The number of unbranched alkanes of at least 4 members (excludes halogenated alkanes) is 5. The average Bonchev–Trinajstić information content (AvgIpc) is 2.29. The van der Waals surface area contributed by atoms with Crippen molar-refractivity contribution in [2.24, 2.45) is 5.92 Å². The molecule has 0 aromatic rings. The predicted octanol–water partition coefficient (Wildman–Crippen LogP) is 3.52. The summed E-state index contributed by atoms with van der Waals surface area (Å²) < 4.78 is 0. The Morgan fingerprint density at radius 1 is 0.941 bits per heavy atom. The van der Waals surface area contributed by atoms with E-state index >= 15 is 0 Å². The SMILES string of the molecule is CCCCCCCCN(C)CCNCC(C)C. The van der Waals surface area contributed by atoms with Crippen LogP contribution in [0.2, 0.25) is 0 Å². The smallest absolute Gasteiger partial charge is 0.0104 e. The van der Waals surface area contributed by atoms with Gasteiger partial charge in [-0.15, -0.1) is 0 Å². The molecule has 0 fully saturated rings. The summed E-state index contributed by atoms with van der Waals surface area (Å²) in [5, 5.41) is 3.49. The van der Waals surface area contributed by atoms with Gasteiger partial charge in [0.05, 0.1) is 0 Å². The topological polar surface area (TPSA) is 15.3 Å². The van der Waals surface area contributed by atoms with Crippen molar-refractivity contribution in [2.45, 2.75) is 59.3 Å². The van der Waals surface area contributed by atoms with E-state index < -0.39 is 0 Å². The van der Waals surface area contributed by atoms with Gasteiger partial charge < -0.3 is 10.2 Å². The second-order valence-electron chi connectivity index (χ2n) is 5.67. The highest BCUT2D eigenvalue weighted by molar-refractivity contribution is 4.57. The van der Waals surface area contributed by atoms with Crippen molar-refractivity contribution in [1.82, 2.24) is 10.2 Å². The van der Waals surface area contributed by atoms with Gasteiger partial charge in [-0.2, -0.15) is 0 Å². The van der Waals surface area contributed by atoms with Crippen LogP contribution in [0.4, 0.5) is 0 Å². The number of hydrogen-bond acceptors (Lipinski definition) is 2. The van der Waals surface area contributed by atoms with Crippen LogP contribution in [0.3, 0.4) is 0 Å². The molecule has 0 aliphatic heterocycles. The summed E-state index contributed by atoms with van der Waals surface area (Å²) in [5.74, 6) is 0.763. The predicted molar refractivity (Wildman–Crippen MR) is 78.6 cm³/mol. The molecule has 0 bridgehead atoms. The minimum Gasteiger partial charge on any atom is -0.315 e. The summed E-state index contributed by atoms with van der Waals surface area (Å²) in [7, 11) is 2.24. The number of likely N-dealkylation sites (N-methyl/N-ethyl adjacent to an activating group) is 1. The minimum atomic E-state index is 0.763. The van der Waals surface area contributed by atoms with E-state index in [2.05, 4.69) is 38.0 Å². The Labute approximate surface area is 109 Å². The first-order chi connectivity index (χ1) is 8.16. The Kier molecular flexibility index (Phi) is 12.3. The van der Waals surface area contributed by atoms with Crippen molar-refractivity contribution in [2.75, 3.05) is 33.2 Å². The molecule has 0 spiro atoms. The van der Waals surface area contributed by atoms with Crippen LogP contribution >= 0.6 is 0 Å². The molecule has 0 saturated heterocycles. The van der Waals surface area contributed by atoms with Gasteiger partial charge in [0.15, 0.2) is 0 Å². The van der Waals surface area contributed by atoms with Crippen LogP contribution in [0.15, 0.2) is 0 Å². The average molecular weight is 242 g/mol. The normalized spacial score (nSPS) is 11.6. The Morgan fingerprint density at radius 2 is 1.59 bits per heavy atom. The van der Waals surface area contributed by atoms with Crippen molar-refractivity contribution < 1.29 is 0 Å². The zero-order chi connectivity index (χ0) is 12.9. The molecule has 0 aromatic heterocycles. The zero-order valence-electron chi connectivity index (χ0n) is 12.6. The quantitative estimate of drug-likeness (QED) is 0.527. The Balaban J connectivity index is 3.14. The Morgan fingerprint density at radius 3 is 2.24 bits per heavy atom. The third kappa shape index (κ3) is 13.9. The summed E-state index contributed by atoms with van der Waals surface area (Å²) in [6, 6.07) is 0. The second kappa shape index (κ2) is 12.4. The lowest BCUT2D eigenvalue weighted by atomic mass is 10.1. The van der Waals surface area contributed by atoms with E-state index in [0.29, 0.717) is 0 Å². The van der Waals surface area contributed by atoms with Gasteiger partial charge in [-0.25, -0.2) is 0 Å². The van der Waals surface area contributed by atoms with E-state index in [9.17, 15) is 0 Å². The van der Waals surface area contributed by atoms with Crippen molar-refractivity contribution >= 4 is 0 Å². The molecule has 0 atom stereocenters. The zero-order valence-corrected chi connectivity index (χ0v) is 12.6. The maximum Gasteiger partial charge on any atom is 0.0104 e. The first-order valence-electron chi connectivity index (χ1n) is 7.56. The number of rotatable bonds is 12. The van der Waals surface area contributed by atoms with Gasteiger partial charge in [-0.1, -0.05) is 52.9 Å². The molecule has 0 amide bonds. The minimum absolute atomic E-state index is 0.763. The van der Waals surface area contributed by atoms with Crippen molar-refractivity contribution in [3.05, 3.63) is 0 Å². The molecular formula is C15H34N2. The highest BCUT2D eigenvalue weighted by Gasteiger charge is 1.98. The van der Waals surface area contributed by atoms with Gasteiger partial charge in [0.2, 0.25) is 0 Å². The summed E-state index contributed by atoms with van der Waals surface area (Å²) in [5.41, 5.74) is 0. The molecule has 104 valence electrons. The lowest BCUT2D eigenvalue weighted by molar-refractivity contribution is 0.319. The van der Waals surface area contributed by atoms with E-state index in [1.807, 2.05) is 0 Å². The molecule has 1 N–H and O–H groups in total. The highest BCUT2D eigenvalue weighted by atomic mass is 15.1. The fourth-order valence-corrected chi connectivity index (χ4v) is 1.93. The van der Waals surface area contributed by atoms with Gasteiger partial charge in [-0.05, 0) is 32.5 Å². The van der Waals surface area contributed by atoms with E-state index in [1.165, 1.54) is 51.6 Å². The molecule has 2 heteroatoms. The van der Waals surface area contributed by atoms with E-state index in [-0.39, 0.29) is 0 Å². The molecule has 0 heterocycles. The lowest BCUT2D eigenvalue weighted by Crippen LogP contribution is -2.31. The largest absolute Gasteiger partial charge is 0.315 e. The Bertz CT molecular complexity index is 146. The standard InChI is InChI=1S/C15H34N2/c1-5-6-7-8-9-10-12-17(4)13-11-16-14-15(2)3/h15-16H,5-14H2,1-4H3. The van der Waals surface area contributed by atoms with Crippen molar-refractivity contribution in [1.29, 1.82) is 0 Å². The first kappa shape index (κ1) is 16.9. The van der Waals surface area contributed by atoms with Gasteiger partial charge in [0.25, 0.3) is 0 Å². The van der Waals surface area contributed by atoms with Crippen LogP contribution in [0.25, 0.3) is 0 Å². The van der Waals surface area contributed by atoms with Crippen LogP contribution in [0.1, 0.15) is 59.3 Å². The van der Waals surface area contributed by atoms with Gasteiger partial charge in [0, 0.05) is 13.1 Å². The summed E-state index contributed by atoms with van der Waals surface area (Å²) in [6.07, 6.45) is 8.38. The van der Waals surface area contributed by atoms with Crippen LogP contribution < -0.4 is 5.32 Å². The van der Waals surface area contributed by atoms with Gasteiger partial charge in [0.1, 0.15) is 0 Å². The lowest BCUT2D eigenvalue weighted by Gasteiger charge is -2.17. The van der Waals surface area contributed by atoms with E-state index in [0.717, 1.165) is 19.0 Å². The molecule has 0 unspecified atom stereocenters. The molecule has 0 rings (SSSR count). The molecule has 0 aliphatic carbocycles. The fourth-order valence-electron chi connectivity index (χ4n) is 1.93. The van der Waals surface area contributed by atoms with Crippen LogP contribution in [-0.4, -0.2) is 38.1 Å². The monoisotopic (exact) mass is 242 g/mol. The van der Waals surface area contributed by atoms with Crippen molar-refractivity contribution in [3.8, 4) is 0 Å². The molecule has 17 heavy (non-hydrogen) atoms. The summed E-state index contributed by atoms with van der Waals surface area (Å²) in [4.78, 5) is 2.45. The van der Waals surface area contributed by atoms with Crippen LogP contribution in [0.5, 0.6) is 0 Å². The van der Waals surface area contributed by atoms with Gasteiger partial charge >= 0.3 is 0 Å². The Hall–Kier alpha value is -0.0800. The second-order valence-corrected chi connectivity index (χ2v) is 5.67. The van der Waals surface area contributed by atoms with E-state index in [1.54, 1.807) is 0 Å². The first-order valence-corrected chi connectivity index (χ1v) is 7.56. The summed E-state index contributed by atoms with van der Waals surface area (Å²) >= 11 is 0. The third-order valence-corrected chi connectivity index (χ3v) is 3.12. The summed E-state index contributed by atoms with van der Waals surface area (Å²) in [6.45, 7) is 11.5. The highest BCUT2D eigenvalue weighted by Crippen LogP contribution is 2.05. The van der Waals surface area contributed by atoms with Crippen molar-refractivity contribution in [3.63, 3.8) is 0 Å². The number of nitrogens with one attached hydrogen (secondary N) is 1. The number of hydrogen-bond donors (Lipinski definition) is 1. The molecule has 0 aliphatic rings. The number of nitrogens with zero attached hydrogens (tertiary/aromatic N) is 1. The maximum atomic E-state index is 3.49. The van der Waals surface area contributed by atoms with Gasteiger partial charge in [-0.3, -0.25) is 0 Å². The third-order valence-electron chi connectivity index (χ3n) is 3.12. The van der Waals surface area contributed by atoms with Crippen LogP contribution in [-0.2, 0) is 0 Å². The molecular weight excluding hydrogens is 208 g/mol. The van der Waals surface area contributed by atoms with E-state index in [4.69, 9.17) is 0 Å².